The summed E-state index contributed by atoms with van der Waals surface area (Å²) < 4.78 is 14.0. The Kier molecular flexibility index (Phi) is 3.12. The average Bonchev–Trinajstić information content (AvgIpc) is 2.39. The van der Waals surface area contributed by atoms with Crippen LogP contribution in [-0.2, 0) is 0 Å². The van der Waals surface area contributed by atoms with E-state index in [-0.39, 0.29) is 28.1 Å². The number of halogens is 1. The van der Waals surface area contributed by atoms with E-state index in [4.69, 9.17) is 16.1 Å². The van der Waals surface area contributed by atoms with E-state index in [2.05, 4.69) is 4.98 Å². The Balaban J connectivity index is 2.64. The molecule has 1 aromatic heterocycles. The Bertz CT molecular complexity index is 708. The van der Waals surface area contributed by atoms with Gasteiger partial charge in [0.05, 0.1) is 5.56 Å². The first-order valence-electron chi connectivity index (χ1n) is 5.22. The topological polar surface area (TPSA) is 100 Å². The Morgan fingerprint density at radius 1 is 1.47 bits per heavy atom. The molecule has 0 bridgehead atoms. The molecule has 94 valence electrons. The monoisotopic (exact) mass is 257 g/mol. The van der Waals surface area contributed by atoms with Crippen molar-refractivity contribution < 1.29 is 14.3 Å². The predicted octanol–water partition coefficient (Wildman–Crippen LogP) is 2.04. The Hall–Kier alpha value is -2.94. The minimum atomic E-state index is -1.25. The van der Waals surface area contributed by atoms with Crippen molar-refractivity contribution in [1.82, 2.24) is 4.98 Å². The van der Waals surface area contributed by atoms with Gasteiger partial charge in [0.25, 0.3) is 0 Å². The number of pyridine rings is 1. The second kappa shape index (κ2) is 4.74. The highest BCUT2D eigenvalue weighted by Crippen LogP contribution is 2.26. The molecule has 3 N–H and O–H groups in total. The quantitative estimate of drug-likeness (QED) is 0.857. The van der Waals surface area contributed by atoms with Crippen molar-refractivity contribution in [3.05, 3.63) is 47.4 Å². The molecule has 0 saturated heterocycles. The number of carboxylic acids is 1. The van der Waals surface area contributed by atoms with Crippen molar-refractivity contribution in [3.63, 3.8) is 0 Å². The lowest BCUT2D eigenvalue weighted by Crippen LogP contribution is -2.05. The normalized spacial score (nSPS) is 9.89. The van der Waals surface area contributed by atoms with E-state index in [1.807, 2.05) is 0 Å². The van der Waals surface area contributed by atoms with E-state index in [0.29, 0.717) is 0 Å². The Morgan fingerprint density at radius 2 is 2.21 bits per heavy atom. The third kappa shape index (κ3) is 2.21. The van der Waals surface area contributed by atoms with Gasteiger partial charge in [0.15, 0.2) is 0 Å². The van der Waals surface area contributed by atoms with Crippen LogP contribution < -0.4 is 5.73 Å². The first-order chi connectivity index (χ1) is 9.04. The fourth-order valence-corrected chi connectivity index (χ4v) is 1.64. The predicted molar refractivity (Wildman–Crippen MR) is 65.7 cm³/mol. The Morgan fingerprint density at radius 3 is 2.84 bits per heavy atom. The second-order valence-electron chi connectivity index (χ2n) is 3.74. The van der Waals surface area contributed by atoms with Crippen LogP contribution in [0.1, 0.15) is 15.9 Å². The van der Waals surface area contributed by atoms with Crippen LogP contribution in [0.3, 0.4) is 0 Å². The van der Waals surface area contributed by atoms with Crippen molar-refractivity contribution in [2.45, 2.75) is 0 Å². The van der Waals surface area contributed by atoms with Crippen molar-refractivity contribution in [1.29, 1.82) is 5.26 Å². The SMILES string of the molecule is N#Cc1cccc(-c2cnc(N)c(C(=O)O)c2)c1F. The molecule has 1 aromatic carbocycles. The average molecular weight is 257 g/mol. The molecule has 0 atom stereocenters. The maximum atomic E-state index is 14.0. The molecule has 0 aliphatic carbocycles. The summed E-state index contributed by atoms with van der Waals surface area (Å²) in [5.74, 6) is -2.11. The van der Waals surface area contributed by atoms with Crippen LogP contribution in [-0.4, -0.2) is 16.1 Å². The van der Waals surface area contributed by atoms with Gasteiger partial charge in [0.2, 0.25) is 0 Å². The maximum Gasteiger partial charge on any atom is 0.339 e. The number of aromatic nitrogens is 1. The minimum absolute atomic E-state index is 0.106. The number of hydrogen-bond donors (Lipinski definition) is 2. The molecule has 19 heavy (non-hydrogen) atoms. The van der Waals surface area contributed by atoms with Gasteiger partial charge in [-0.2, -0.15) is 5.26 Å². The fraction of sp³-hybridized carbons (Fsp3) is 0. The summed E-state index contributed by atoms with van der Waals surface area (Å²) in [7, 11) is 0. The summed E-state index contributed by atoms with van der Waals surface area (Å²) in [6.45, 7) is 0. The lowest BCUT2D eigenvalue weighted by molar-refractivity contribution is 0.0697. The first kappa shape index (κ1) is 12.5. The van der Waals surface area contributed by atoms with Crippen molar-refractivity contribution in [2.24, 2.45) is 0 Å². The van der Waals surface area contributed by atoms with Crippen LogP contribution in [0, 0.1) is 17.1 Å². The molecule has 2 aromatic rings. The number of hydrogen-bond acceptors (Lipinski definition) is 4. The maximum absolute atomic E-state index is 14.0. The summed E-state index contributed by atoms with van der Waals surface area (Å²) in [4.78, 5) is 14.7. The third-order valence-corrected chi connectivity index (χ3v) is 2.58. The number of rotatable bonds is 2. The number of nitrogens with two attached hydrogens (primary N) is 1. The van der Waals surface area contributed by atoms with Gasteiger partial charge in [0, 0.05) is 17.3 Å². The number of carboxylic acid groups (broad SMARTS) is 1. The molecular formula is C13H8FN3O2. The van der Waals surface area contributed by atoms with Crippen LogP contribution in [0.5, 0.6) is 0 Å². The second-order valence-corrected chi connectivity index (χ2v) is 3.74. The smallest absolute Gasteiger partial charge is 0.339 e. The van der Waals surface area contributed by atoms with Crippen LogP contribution in [0.15, 0.2) is 30.5 Å². The van der Waals surface area contributed by atoms with E-state index in [0.717, 1.165) is 0 Å². The summed E-state index contributed by atoms with van der Waals surface area (Å²) >= 11 is 0. The molecule has 0 amide bonds. The summed E-state index contributed by atoms with van der Waals surface area (Å²) in [6, 6.07) is 7.23. The van der Waals surface area contributed by atoms with E-state index in [1.54, 1.807) is 6.07 Å². The zero-order chi connectivity index (χ0) is 14.0. The van der Waals surface area contributed by atoms with Gasteiger partial charge in [-0.25, -0.2) is 14.2 Å². The highest BCUT2D eigenvalue weighted by Gasteiger charge is 2.14. The molecule has 5 nitrogen and oxygen atoms in total. The van der Waals surface area contributed by atoms with Gasteiger partial charge in [-0.1, -0.05) is 12.1 Å². The zero-order valence-corrected chi connectivity index (χ0v) is 9.59. The number of carbonyl (C=O) groups is 1. The van der Waals surface area contributed by atoms with E-state index in [9.17, 15) is 9.18 Å². The minimum Gasteiger partial charge on any atom is -0.478 e. The van der Waals surface area contributed by atoms with Crippen LogP contribution in [0.2, 0.25) is 0 Å². The lowest BCUT2D eigenvalue weighted by atomic mass is 10.0. The standard InChI is InChI=1S/C13H8FN3O2/c14-11-7(5-15)2-1-3-9(11)8-4-10(13(18)19)12(16)17-6-8/h1-4,6H,(H2,16,17)(H,18,19). The van der Waals surface area contributed by atoms with Gasteiger partial charge in [0.1, 0.15) is 23.3 Å². The van der Waals surface area contributed by atoms with Gasteiger partial charge in [-0.3, -0.25) is 0 Å². The largest absolute Gasteiger partial charge is 0.478 e. The summed E-state index contributed by atoms with van der Waals surface area (Å²) in [5, 5.41) is 17.7. The lowest BCUT2D eigenvalue weighted by Gasteiger charge is -2.06. The molecule has 0 spiro atoms. The molecule has 0 fully saturated rings. The van der Waals surface area contributed by atoms with Crippen LogP contribution in [0.25, 0.3) is 11.1 Å². The third-order valence-electron chi connectivity index (χ3n) is 2.58. The summed E-state index contributed by atoms with van der Waals surface area (Å²) in [5.41, 5.74) is 5.45. The van der Waals surface area contributed by atoms with Crippen molar-refractivity contribution in [3.8, 4) is 17.2 Å². The molecular weight excluding hydrogens is 249 g/mol. The molecule has 2 rings (SSSR count). The van der Waals surface area contributed by atoms with Crippen molar-refractivity contribution >= 4 is 11.8 Å². The van der Waals surface area contributed by atoms with Gasteiger partial charge in [-0.05, 0) is 12.1 Å². The number of nitriles is 1. The molecule has 1 heterocycles. The fourth-order valence-electron chi connectivity index (χ4n) is 1.64. The number of benzene rings is 1. The molecule has 6 heteroatoms. The molecule has 0 saturated carbocycles. The van der Waals surface area contributed by atoms with E-state index in [1.165, 1.54) is 30.5 Å². The van der Waals surface area contributed by atoms with Gasteiger partial charge >= 0.3 is 5.97 Å². The first-order valence-corrected chi connectivity index (χ1v) is 5.22. The molecule has 0 unspecified atom stereocenters. The number of nitrogen functional groups attached to an aromatic ring is 1. The van der Waals surface area contributed by atoms with Crippen molar-refractivity contribution in [2.75, 3.05) is 5.73 Å². The highest BCUT2D eigenvalue weighted by atomic mass is 19.1. The Labute approximate surface area is 107 Å². The number of nitrogens with zero attached hydrogens (tertiary/aromatic N) is 2. The molecule has 0 aliphatic heterocycles. The summed E-state index contributed by atoms with van der Waals surface area (Å²) in [6.07, 6.45) is 1.27. The van der Waals surface area contributed by atoms with Crippen LogP contribution in [0.4, 0.5) is 10.2 Å². The molecule has 0 aliphatic rings. The van der Waals surface area contributed by atoms with Crippen LogP contribution >= 0.6 is 0 Å². The van der Waals surface area contributed by atoms with Gasteiger partial charge in [-0.15, -0.1) is 0 Å². The zero-order valence-electron chi connectivity index (χ0n) is 9.59. The van der Waals surface area contributed by atoms with E-state index < -0.39 is 11.8 Å². The highest BCUT2D eigenvalue weighted by molar-refractivity contribution is 5.94. The number of anilines is 1. The van der Waals surface area contributed by atoms with E-state index >= 15 is 0 Å². The number of aromatic carboxylic acids is 1. The molecule has 0 radical (unpaired) electrons. The van der Waals surface area contributed by atoms with Gasteiger partial charge < -0.3 is 10.8 Å².